The SMILES string of the molecule is Cc1nnc(N/N=C\c2ccccc2C(=O)O)[nH]c1=O. The number of aromatic carboxylic acids is 1. The number of aryl methyl sites for hydroxylation is 1. The van der Waals surface area contributed by atoms with Gasteiger partial charge in [-0.1, -0.05) is 18.2 Å². The number of rotatable bonds is 4. The van der Waals surface area contributed by atoms with E-state index in [0.717, 1.165) is 0 Å². The molecule has 102 valence electrons. The Morgan fingerprint density at radius 3 is 2.85 bits per heavy atom. The molecule has 0 amide bonds. The van der Waals surface area contributed by atoms with Crippen LogP contribution in [0, 0.1) is 6.92 Å². The van der Waals surface area contributed by atoms with Gasteiger partial charge in [0, 0.05) is 5.56 Å². The Morgan fingerprint density at radius 1 is 1.40 bits per heavy atom. The number of nitrogens with zero attached hydrogens (tertiary/aromatic N) is 3. The van der Waals surface area contributed by atoms with Gasteiger partial charge in [0.2, 0.25) is 5.95 Å². The lowest BCUT2D eigenvalue weighted by Crippen LogP contribution is -2.15. The predicted molar refractivity (Wildman–Crippen MR) is 72.0 cm³/mol. The molecular weight excluding hydrogens is 262 g/mol. The van der Waals surface area contributed by atoms with Gasteiger partial charge < -0.3 is 5.11 Å². The summed E-state index contributed by atoms with van der Waals surface area (Å²) in [5.74, 6) is -0.972. The molecule has 8 nitrogen and oxygen atoms in total. The summed E-state index contributed by atoms with van der Waals surface area (Å²) in [6, 6.07) is 6.40. The molecular formula is C12H11N5O3. The van der Waals surface area contributed by atoms with Gasteiger partial charge in [0.15, 0.2) is 0 Å². The van der Waals surface area contributed by atoms with Crippen LogP contribution in [-0.4, -0.2) is 32.5 Å². The number of H-pyrrole nitrogens is 1. The van der Waals surface area contributed by atoms with Crippen LogP contribution in [0.15, 0.2) is 34.2 Å². The van der Waals surface area contributed by atoms with Crippen molar-refractivity contribution in [1.82, 2.24) is 15.2 Å². The van der Waals surface area contributed by atoms with Gasteiger partial charge in [-0.15, -0.1) is 10.2 Å². The number of carboxylic acid groups (broad SMARTS) is 1. The Labute approximate surface area is 113 Å². The molecule has 0 aliphatic heterocycles. The second-order valence-corrected chi connectivity index (χ2v) is 3.85. The molecule has 0 aliphatic carbocycles. The Bertz CT molecular complexity index is 723. The quantitative estimate of drug-likeness (QED) is 0.554. The molecule has 0 saturated heterocycles. The minimum absolute atomic E-state index is 0.0738. The first-order valence-electron chi connectivity index (χ1n) is 5.63. The zero-order valence-electron chi connectivity index (χ0n) is 10.5. The van der Waals surface area contributed by atoms with Crippen molar-refractivity contribution in [2.45, 2.75) is 6.92 Å². The van der Waals surface area contributed by atoms with Crippen molar-refractivity contribution in [2.24, 2.45) is 5.10 Å². The molecule has 0 fully saturated rings. The molecule has 2 aromatic rings. The third kappa shape index (κ3) is 3.05. The van der Waals surface area contributed by atoms with Crippen molar-refractivity contribution in [3.05, 3.63) is 51.4 Å². The highest BCUT2D eigenvalue weighted by molar-refractivity contribution is 5.98. The highest BCUT2D eigenvalue weighted by atomic mass is 16.4. The summed E-state index contributed by atoms with van der Waals surface area (Å²) < 4.78 is 0. The predicted octanol–water partition coefficient (Wildman–Crippen LogP) is 0.618. The number of aromatic nitrogens is 3. The van der Waals surface area contributed by atoms with Crippen LogP contribution in [-0.2, 0) is 0 Å². The van der Waals surface area contributed by atoms with Crippen LogP contribution in [0.4, 0.5) is 5.95 Å². The number of nitrogens with one attached hydrogen (secondary N) is 2. The van der Waals surface area contributed by atoms with E-state index in [2.05, 4.69) is 25.7 Å². The number of aromatic amines is 1. The van der Waals surface area contributed by atoms with E-state index in [1.54, 1.807) is 18.2 Å². The maximum absolute atomic E-state index is 11.3. The molecule has 3 N–H and O–H groups in total. The molecule has 8 heteroatoms. The van der Waals surface area contributed by atoms with Crippen LogP contribution < -0.4 is 11.0 Å². The summed E-state index contributed by atoms with van der Waals surface area (Å²) in [5.41, 5.74) is 2.90. The summed E-state index contributed by atoms with van der Waals surface area (Å²) in [6.07, 6.45) is 1.32. The molecule has 20 heavy (non-hydrogen) atoms. The Balaban J connectivity index is 2.16. The first kappa shape index (κ1) is 13.4. The second-order valence-electron chi connectivity index (χ2n) is 3.85. The van der Waals surface area contributed by atoms with E-state index >= 15 is 0 Å². The van der Waals surface area contributed by atoms with Gasteiger partial charge >= 0.3 is 5.97 Å². The lowest BCUT2D eigenvalue weighted by molar-refractivity contribution is 0.0697. The molecule has 0 saturated carbocycles. The lowest BCUT2D eigenvalue weighted by Gasteiger charge is -2.00. The van der Waals surface area contributed by atoms with E-state index < -0.39 is 5.97 Å². The Morgan fingerprint density at radius 2 is 2.15 bits per heavy atom. The van der Waals surface area contributed by atoms with Crippen molar-refractivity contribution in [3.8, 4) is 0 Å². The number of hydrazone groups is 1. The van der Waals surface area contributed by atoms with Crippen LogP contribution >= 0.6 is 0 Å². The van der Waals surface area contributed by atoms with Gasteiger partial charge in [0.05, 0.1) is 11.8 Å². The van der Waals surface area contributed by atoms with Crippen molar-refractivity contribution >= 4 is 18.1 Å². The summed E-state index contributed by atoms with van der Waals surface area (Å²) in [4.78, 5) is 24.7. The van der Waals surface area contributed by atoms with Gasteiger partial charge in [-0.25, -0.2) is 10.2 Å². The summed E-state index contributed by atoms with van der Waals surface area (Å²) >= 11 is 0. The van der Waals surface area contributed by atoms with Crippen LogP contribution in [0.3, 0.4) is 0 Å². The molecule has 0 bridgehead atoms. The normalized spacial score (nSPS) is 10.7. The molecule has 1 aromatic carbocycles. The van der Waals surface area contributed by atoms with Crippen molar-refractivity contribution in [3.63, 3.8) is 0 Å². The molecule has 0 atom stereocenters. The van der Waals surface area contributed by atoms with E-state index in [1.165, 1.54) is 19.2 Å². The zero-order valence-corrected chi connectivity index (χ0v) is 10.5. The van der Waals surface area contributed by atoms with Crippen LogP contribution in [0.2, 0.25) is 0 Å². The van der Waals surface area contributed by atoms with Gasteiger partial charge in [-0.2, -0.15) is 5.10 Å². The number of carboxylic acids is 1. The molecule has 0 aliphatic rings. The maximum Gasteiger partial charge on any atom is 0.336 e. The number of benzene rings is 1. The summed E-state index contributed by atoms with van der Waals surface area (Å²) in [6.45, 7) is 1.53. The standard InChI is InChI=1S/C12H11N5O3/c1-7-10(18)14-12(17-15-7)16-13-6-8-4-2-3-5-9(8)11(19)20/h2-6H,1H3,(H,19,20)(H2,14,16,17,18)/b13-6-. The first-order valence-corrected chi connectivity index (χ1v) is 5.63. The van der Waals surface area contributed by atoms with E-state index in [1.807, 2.05) is 0 Å². The number of hydrogen-bond donors (Lipinski definition) is 3. The Kier molecular flexibility index (Phi) is 3.85. The number of carbonyl (C=O) groups is 1. The second kappa shape index (κ2) is 5.74. The fourth-order valence-electron chi connectivity index (χ4n) is 1.41. The molecule has 1 heterocycles. The van der Waals surface area contributed by atoms with Gasteiger partial charge in [-0.3, -0.25) is 9.78 Å². The molecule has 0 spiro atoms. The fourth-order valence-corrected chi connectivity index (χ4v) is 1.41. The average molecular weight is 273 g/mol. The van der Waals surface area contributed by atoms with Gasteiger partial charge in [0.25, 0.3) is 5.56 Å². The molecule has 1 aromatic heterocycles. The first-order chi connectivity index (χ1) is 9.58. The van der Waals surface area contributed by atoms with E-state index in [0.29, 0.717) is 5.56 Å². The highest BCUT2D eigenvalue weighted by Gasteiger charge is 2.06. The van der Waals surface area contributed by atoms with Crippen LogP contribution in [0.25, 0.3) is 0 Å². The number of anilines is 1. The van der Waals surface area contributed by atoms with Crippen molar-refractivity contribution in [1.29, 1.82) is 0 Å². The zero-order chi connectivity index (χ0) is 14.5. The van der Waals surface area contributed by atoms with E-state index in [-0.39, 0.29) is 22.8 Å². The minimum atomic E-state index is -1.05. The smallest absolute Gasteiger partial charge is 0.336 e. The van der Waals surface area contributed by atoms with Crippen molar-refractivity contribution in [2.75, 3.05) is 5.43 Å². The van der Waals surface area contributed by atoms with Crippen LogP contribution in [0.1, 0.15) is 21.6 Å². The lowest BCUT2D eigenvalue weighted by atomic mass is 10.1. The monoisotopic (exact) mass is 273 g/mol. The Hall–Kier alpha value is -3.03. The molecule has 0 radical (unpaired) electrons. The summed E-state index contributed by atoms with van der Waals surface area (Å²) in [5, 5.41) is 20.1. The minimum Gasteiger partial charge on any atom is -0.478 e. The molecule has 0 unspecified atom stereocenters. The third-order valence-corrected chi connectivity index (χ3v) is 2.43. The summed E-state index contributed by atoms with van der Waals surface area (Å²) in [7, 11) is 0. The largest absolute Gasteiger partial charge is 0.478 e. The van der Waals surface area contributed by atoms with Crippen molar-refractivity contribution < 1.29 is 9.90 Å². The number of hydrogen-bond acceptors (Lipinski definition) is 6. The van der Waals surface area contributed by atoms with E-state index in [4.69, 9.17) is 5.11 Å². The van der Waals surface area contributed by atoms with Gasteiger partial charge in [-0.05, 0) is 13.0 Å². The average Bonchev–Trinajstić information content (AvgIpc) is 2.43. The molecule has 2 rings (SSSR count). The highest BCUT2D eigenvalue weighted by Crippen LogP contribution is 2.06. The topological polar surface area (TPSA) is 120 Å². The maximum atomic E-state index is 11.3. The van der Waals surface area contributed by atoms with Gasteiger partial charge in [0.1, 0.15) is 5.69 Å². The third-order valence-electron chi connectivity index (χ3n) is 2.43. The van der Waals surface area contributed by atoms with Crippen LogP contribution in [0.5, 0.6) is 0 Å². The fraction of sp³-hybridized carbons (Fsp3) is 0.0833. The van der Waals surface area contributed by atoms with E-state index in [9.17, 15) is 9.59 Å².